The van der Waals surface area contributed by atoms with Crippen molar-refractivity contribution < 1.29 is 9.47 Å². The van der Waals surface area contributed by atoms with Crippen LogP contribution >= 0.6 is 11.6 Å². The molecule has 0 aromatic heterocycles. The number of hydrogen-bond acceptors (Lipinski definition) is 3. The molecule has 130 valence electrons. The average Bonchev–Trinajstić information content (AvgIpc) is 2.59. The van der Waals surface area contributed by atoms with E-state index in [9.17, 15) is 0 Å². The summed E-state index contributed by atoms with van der Waals surface area (Å²) in [7, 11) is 1.60. The van der Waals surface area contributed by atoms with E-state index < -0.39 is 0 Å². The van der Waals surface area contributed by atoms with Crippen molar-refractivity contribution in [3.63, 3.8) is 0 Å². The number of hydrogen-bond donors (Lipinski definition) is 1. The van der Waals surface area contributed by atoms with Gasteiger partial charge >= 0.3 is 0 Å². The van der Waals surface area contributed by atoms with Crippen LogP contribution in [0, 0.1) is 0 Å². The minimum Gasteiger partial charge on any atom is -0.491 e. The van der Waals surface area contributed by atoms with Crippen LogP contribution < -0.4 is 14.8 Å². The lowest BCUT2D eigenvalue weighted by Gasteiger charge is -2.16. The Labute approximate surface area is 149 Å². The molecule has 0 saturated carbocycles. The van der Waals surface area contributed by atoms with E-state index in [0.717, 1.165) is 24.9 Å². The van der Waals surface area contributed by atoms with Crippen molar-refractivity contribution in [1.82, 2.24) is 5.32 Å². The van der Waals surface area contributed by atoms with Crippen LogP contribution in [0.2, 0.25) is 5.02 Å². The SMILES string of the molecule is CCOc1cc(CN[C@@H](C)CCc2ccccc2)cc(Cl)c1OC. The van der Waals surface area contributed by atoms with Crippen molar-refractivity contribution in [3.8, 4) is 11.5 Å². The minimum atomic E-state index is 0.418. The van der Waals surface area contributed by atoms with Gasteiger partial charge in [0.1, 0.15) is 0 Å². The molecule has 0 aliphatic carbocycles. The predicted octanol–water partition coefficient (Wildman–Crippen LogP) is 4.86. The number of methoxy groups -OCH3 is 1. The van der Waals surface area contributed by atoms with Crippen molar-refractivity contribution >= 4 is 11.6 Å². The van der Waals surface area contributed by atoms with Gasteiger partial charge in [-0.15, -0.1) is 0 Å². The zero-order valence-corrected chi connectivity index (χ0v) is 15.4. The van der Waals surface area contributed by atoms with Crippen LogP contribution in [0.15, 0.2) is 42.5 Å². The maximum absolute atomic E-state index is 6.29. The summed E-state index contributed by atoms with van der Waals surface area (Å²) in [5.41, 5.74) is 2.47. The molecule has 0 aliphatic rings. The van der Waals surface area contributed by atoms with Crippen LogP contribution in [0.5, 0.6) is 11.5 Å². The molecule has 2 rings (SSSR count). The molecule has 0 unspecified atom stereocenters. The quantitative estimate of drug-likeness (QED) is 0.702. The Morgan fingerprint density at radius 1 is 1.12 bits per heavy atom. The summed E-state index contributed by atoms with van der Waals surface area (Å²) in [5, 5.41) is 4.13. The number of rotatable bonds is 9. The summed E-state index contributed by atoms with van der Waals surface area (Å²) in [6.45, 7) is 5.48. The standard InChI is InChI=1S/C20H26ClNO2/c1-4-24-19-13-17(12-18(21)20(19)23-3)14-22-15(2)10-11-16-8-6-5-7-9-16/h5-9,12-13,15,22H,4,10-11,14H2,1-3H3/t15-/m0/s1. The monoisotopic (exact) mass is 347 g/mol. The molecule has 0 aliphatic heterocycles. The molecule has 0 heterocycles. The topological polar surface area (TPSA) is 30.5 Å². The summed E-state index contributed by atoms with van der Waals surface area (Å²) in [4.78, 5) is 0. The van der Waals surface area contributed by atoms with Gasteiger partial charge in [0.2, 0.25) is 0 Å². The molecule has 2 aromatic carbocycles. The number of halogens is 1. The largest absolute Gasteiger partial charge is 0.491 e. The minimum absolute atomic E-state index is 0.418. The molecule has 4 heteroatoms. The van der Waals surface area contributed by atoms with Crippen molar-refractivity contribution in [2.75, 3.05) is 13.7 Å². The van der Waals surface area contributed by atoms with Gasteiger partial charge in [0.05, 0.1) is 18.7 Å². The Hall–Kier alpha value is -1.71. The van der Waals surface area contributed by atoms with Crippen LogP contribution in [0.25, 0.3) is 0 Å². The highest BCUT2D eigenvalue weighted by atomic mass is 35.5. The van der Waals surface area contributed by atoms with Crippen LogP contribution in [0.4, 0.5) is 0 Å². The first kappa shape index (κ1) is 18.6. The Morgan fingerprint density at radius 3 is 2.54 bits per heavy atom. The molecule has 0 spiro atoms. The first-order valence-electron chi connectivity index (χ1n) is 8.40. The van der Waals surface area contributed by atoms with Crippen molar-refractivity contribution in [2.24, 2.45) is 0 Å². The molecule has 0 radical (unpaired) electrons. The van der Waals surface area contributed by atoms with Crippen molar-refractivity contribution in [1.29, 1.82) is 0 Å². The fraction of sp³-hybridized carbons (Fsp3) is 0.400. The molecule has 0 fully saturated rings. The van der Waals surface area contributed by atoms with Gasteiger partial charge in [0.25, 0.3) is 0 Å². The molecule has 0 amide bonds. The zero-order chi connectivity index (χ0) is 17.4. The lowest BCUT2D eigenvalue weighted by Crippen LogP contribution is -2.26. The van der Waals surface area contributed by atoms with Gasteiger partial charge in [-0.3, -0.25) is 0 Å². The van der Waals surface area contributed by atoms with Crippen LogP contribution in [-0.4, -0.2) is 19.8 Å². The summed E-state index contributed by atoms with van der Waals surface area (Å²) >= 11 is 6.29. The Morgan fingerprint density at radius 2 is 1.88 bits per heavy atom. The third-order valence-corrected chi connectivity index (χ3v) is 4.22. The molecule has 3 nitrogen and oxygen atoms in total. The lowest BCUT2D eigenvalue weighted by molar-refractivity contribution is 0.310. The van der Waals surface area contributed by atoms with Crippen LogP contribution in [-0.2, 0) is 13.0 Å². The van der Waals surface area contributed by atoms with Gasteiger partial charge in [-0.1, -0.05) is 41.9 Å². The Balaban J connectivity index is 1.91. The highest BCUT2D eigenvalue weighted by molar-refractivity contribution is 6.32. The van der Waals surface area contributed by atoms with Crippen molar-refractivity contribution in [3.05, 3.63) is 58.6 Å². The average molecular weight is 348 g/mol. The first-order chi connectivity index (χ1) is 11.6. The lowest BCUT2D eigenvalue weighted by atomic mass is 10.1. The molecular formula is C20H26ClNO2. The second-order valence-electron chi connectivity index (χ2n) is 5.85. The van der Waals surface area contributed by atoms with Crippen LogP contribution in [0.1, 0.15) is 31.4 Å². The van der Waals surface area contributed by atoms with E-state index in [1.807, 2.05) is 19.1 Å². The molecule has 2 aromatic rings. The fourth-order valence-corrected chi connectivity index (χ4v) is 2.92. The maximum Gasteiger partial charge on any atom is 0.179 e. The van der Waals surface area contributed by atoms with Gasteiger partial charge in [0, 0.05) is 12.6 Å². The molecule has 1 N–H and O–H groups in total. The smallest absolute Gasteiger partial charge is 0.179 e. The number of aryl methyl sites for hydroxylation is 1. The first-order valence-corrected chi connectivity index (χ1v) is 8.78. The fourth-order valence-electron chi connectivity index (χ4n) is 2.61. The van der Waals surface area contributed by atoms with E-state index in [2.05, 4.69) is 42.6 Å². The molecule has 24 heavy (non-hydrogen) atoms. The number of benzene rings is 2. The van der Waals surface area contributed by atoms with E-state index in [1.165, 1.54) is 5.56 Å². The predicted molar refractivity (Wildman–Crippen MR) is 100 cm³/mol. The molecule has 0 saturated heterocycles. The summed E-state index contributed by atoms with van der Waals surface area (Å²) < 4.78 is 10.9. The van der Waals surface area contributed by atoms with Gasteiger partial charge in [-0.25, -0.2) is 0 Å². The van der Waals surface area contributed by atoms with Crippen molar-refractivity contribution in [2.45, 2.75) is 39.3 Å². The highest BCUT2D eigenvalue weighted by Gasteiger charge is 2.12. The Kier molecular flexibility index (Phi) is 7.41. The molecular weight excluding hydrogens is 322 g/mol. The number of nitrogens with one attached hydrogen (secondary N) is 1. The second-order valence-corrected chi connectivity index (χ2v) is 6.26. The van der Waals surface area contributed by atoms with Crippen LogP contribution in [0.3, 0.4) is 0 Å². The van der Waals surface area contributed by atoms with E-state index in [-0.39, 0.29) is 0 Å². The third kappa shape index (κ3) is 5.43. The van der Waals surface area contributed by atoms with Gasteiger partial charge in [-0.2, -0.15) is 0 Å². The summed E-state index contributed by atoms with van der Waals surface area (Å²) in [6.07, 6.45) is 2.16. The second kappa shape index (κ2) is 9.55. The zero-order valence-electron chi connectivity index (χ0n) is 14.6. The van der Waals surface area contributed by atoms with Gasteiger partial charge < -0.3 is 14.8 Å². The molecule has 0 bridgehead atoms. The van der Waals surface area contributed by atoms with E-state index in [0.29, 0.717) is 29.2 Å². The third-order valence-electron chi connectivity index (χ3n) is 3.94. The summed E-state index contributed by atoms with van der Waals surface area (Å²) in [6, 6.07) is 14.9. The Bertz CT molecular complexity index is 631. The number of ether oxygens (including phenoxy) is 2. The van der Waals surface area contributed by atoms with E-state index >= 15 is 0 Å². The normalized spacial score (nSPS) is 12.0. The van der Waals surface area contributed by atoms with Gasteiger partial charge in [0.15, 0.2) is 11.5 Å². The summed E-state index contributed by atoms with van der Waals surface area (Å²) in [5.74, 6) is 1.29. The maximum atomic E-state index is 6.29. The molecule has 1 atom stereocenters. The van der Waals surface area contributed by atoms with Gasteiger partial charge in [-0.05, 0) is 49.9 Å². The van der Waals surface area contributed by atoms with E-state index in [1.54, 1.807) is 7.11 Å². The van der Waals surface area contributed by atoms with E-state index in [4.69, 9.17) is 21.1 Å². The highest BCUT2D eigenvalue weighted by Crippen LogP contribution is 2.36.